The highest BCUT2D eigenvalue weighted by Gasteiger charge is 2.37. The van der Waals surface area contributed by atoms with Crippen molar-refractivity contribution in [3.05, 3.63) is 42.2 Å². The van der Waals surface area contributed by atoms with Crippen LogP contribution in [0.5, 0.6) is 5.75 Å². The number of piperidine rings is 1. The minimum Gasteiger partial charge on any atom is -0.487 e. The highest BCUT2D eigenvalue weighted by Crippen LogP contribution is 2.33. The molecule has 1 aliphatic carbocycles. The average molecular weight is 354 g/mol. The number of carbonyl (C=O) groups is 1. The molecule has 1 unspecified atom stereocenters. The van der Waals surface area contributed by atoms with E-state index in [1.807, 2.05) is 41.2 Å². The number of nitrogens with zero attached hydrogens (tertiary/aromatic N) is 4. The number of benzene rings is 1. The maximum Gasteiger partial charge on any atom is 0.225 e. The molecule has 1 atom stereocenters. The minimum absolute atomic E-state index is 0.309. The van der Waals surface area contributed by atoms with E-state index in [-0.39, 0.29) is 0 Å². The first kappa shape index (κ1) is 17.1. The summed E-state index contributed by atoms with van der Waals surface area (Å²) in [4.78, 5) is 14.6. The molecule has 2 fully saturated rings. The van der Waals surface area contributed by atoms with E-state index >= 15 is 0 Å². The molecule has 1 saturated heterocycles. The summed E-state index contributed by atoms with van der Waals surface area (Å²) in [6.07, 6.45) is 8.51. The number of amides is 1. The van der Waals surface area contributed by atoms with Crippen LogP contribution in [0.25, 0.3) is 0 Å². The second kappa shape index (κ2) is 7.89. The van der Waals surface area contributed by atoms with Crippen LogP contribution >= 0.6 is 0 Å². The zero-order chi connectivity index (χ0) is 17.8. The van der Waals surface area contributed by atoms with Gasteiger partial charge in [-0.15, -0.1) is 5.10 Å². The Morgan fingerprint density at radius 2 is 2.00 bits per heavy atom. The summed E-state index contributed by atoms with van der Waals surface area (Å²) in [6, 6.07) is 10.1. The summed E-state index contributed by atoms with van der Waals surface area (Å²) in [5, 5.41) is 8.41. The zero-order valence-electron chi connectivity index (χ0n) is 15.1. The third-order valence-electron chi connectivity index (χ3n) is 5.24. The highest BCUT2D eigenvalue weighted by atomic mass is 16.5. The first-order chi connectivity index (χ1) is 12.8. The molecule has 6 heteroatoms. The lowest BCUT2D eigenvalue weighted by Crippen LogP contribution is -2.45. The molecule has 6 nitrogen and oxygen atoms in total. The van der Waals surface area contributed by atoms with Gasteiger partial charge in [0.1, 0.15) is 18.1 Å². The van der Waals surface area contributed by atoms with Gasteiger partial charge in [-0.2, -0.15) is 0 Å². The Kier molecular flexibility index (Phi) is 5.18. The van der Waals surface area contributed by atoms with Crippen LogP contribution in [0.1, 0.15) is 44.2 Å². The Labute approximate surface area is 154 Å². The Morgan fingerprint density at radius 3 is 2.81 bits per heavy atom. The molecule has 1 aromatic heterocycles. The van der Waals surface area contributed by atoms with E-state index in [1.165, 1.54) is 6.42 Å². The number of aromatic nitrogens is 3. The number of ether oxygens (including phenoxy) is 1. The Bertz CT molecular complexity index is 726. The Balaban J connectivity index is 1.28. The van der Waals surface area contributed by atoms with Crippen molar-refractivity contribution in [3.8, 4) is 5.75 Å². The van der Waals surface area contributed by atoms with Crippen LogP contribution in [-0.4, -0.2) is 38.4 Å². The summed E-state index contributed by atoms with van der Waals surface area (Å²) >= 11 is 0. The van der Waals surface area contributed by atoms with Gasteiger partial charge in [-0.25, -0.2) is 0 Å². The Hall–Kier alpha value is -2.37. The van der Waals surface area contributed by atoms with E-state index in [0.717, 1.165) is 56.6 Å². The minimum atomic E-state index is 0.309. The smallest absolute Gasteiger partial charge is 0.225 e. The third kappa shape index (κ3) is 4.23. The number of rotatable bonds is 7. The molecular formula is C20H26N4O2. The number of hydrogen-bond acceptors (Lipinski definition) is 4. The zero-order valence-corrected chi connectivity index (χ0v) is 15.1. The molecule has 0 N–H and O–H groups in total. The number of likely N-dealkylation sites (tertiary alicyclic amines) is 1. The summed E-state index contributed by atoms with van der Waals surface area (Å²) in [6.45, 7) is 2.13. The van der Waals surface area contributed by atoms with Crippen molar-refractivity contribution in [1.82, 2.24) is 19.9 Å². The maximum absolute atomic E-state index is 12.5. The van der Waals surface area contributed by atoms with Gasteiger partial charge in [-0.3, -0.25) is 9.48 Å². The van der Waals surface area contributed by atoms with Gasteiger partial charge in [0.05, 0.1) is 6.20 Å². The fourth-order valence-electron chi connectivity index (χ4n) is 3.62. The number of aryl methyl sites for hydroxylation is 1. The van der Waals surface area contributed by atoms with Crippen molar-refractivity contribution < 1.29 is 9.53 Å². The lowest BCUT2D eigenvalue weighted by Gasteiger charge is -2.36. The second-order valence-corrected chi connectivity index (χ2v) is 7.32. The van der Waals surface area contributed by atoms with E-state index in [0.29, 0.717) is 24.5 Å². The molecule has 0 spiro atoms. The summed E-state index contributed by atoms with van der Waals surface area (Å²) in [5.41, 5.74) is 0.823. The van der Waals surface area contributed by atoms with Crippen molar-refractivity contribution >= 4 is 5.91 Å². The van der Waals surface area contributed by atoms with Gasteiger partial charge in [0.2, 0.25) is 5.91 Å². The quantitative estimate of drug-likeness (QED) is 0.767. The van der Waals surface area contributed by atoms with Crippen molar-refractivity contribution in [1.29, 1.82) is 0 Å². The predicted octanol–water partition coefficient (Wildman–Crippen LogP) is 3.04. The molecule has 2 heterocycles. The molecule has 26 heavy (non-hydrogen) atoms. The van der Waals surface area contributed by atoms with Gasteiger partial charge in [0.25, 0.3) is 0 Å². The standard InChI is InChI=1S/C20H26N4O2/c25-20(16-9-10-16)24-12-5-4-6-18(24)11-13-23-14-17(21-22-23)15-26-19-7-2-1-3-8-19/h1-3,7-8,14,16,18H,4-6,9-13,15H2. The van der Waals surface area contributed by atoms with Crippen LogP contribution in [0.4, 0.5) is 0 Å². The van der Waals surface area contributed by atoms with E-state index in [4.69, 9.17) is 4.74 Å². The number of hydrogen-bond donors (Lipinski definition) is 0. The lowest BCUT2D eigenvalue weighted by atomic mass is 9.98. The fourth-order valence-corrected chi connectivity index (χ4v) is 3.62. The van der Waals surface area contributed by atoms with E-state index in [1.54, 1.807) is 0 Å². The van der Waals surface area contributed by atoms with Crippen LogP contribution in [-0.2, 0) is 17.9 Å². The van der Waals surface area contributed by atoms with Crippen LogP contribution in [0.2, 0.25) is 0 Å². The lowest BCUT2D eigenvalue weighted by molar-refractivity contribution is -0.136. The maximum atomic E-state index is 12.5. The normalized spacial score (nSPS) is 20.2. The third-order valence-corrected chi connectivity index (χ3v) is 5.24. The van der Waals surface area contributed by atoms with Crippen LogP contribution in [0.3, 0.4) is 0 Å². The molecule has 0 radical (unpaired) electrons. The van der Waals surface area contributed by atoms with Crippen molar-refractivity contribution in [2.75, 3.05) is 6.54 Å². The van der Waals surface area contributed by atoms with E-state index in [2.05, 4.69) is 15.2 Å². The second-order valence-electron chi connectivity index (χ2n) is 7.32. The molecule has 1 aliphatic heterocycles. The molecule has 0 bridgehead atoms. The first-order valence-electron chi connectivity index (χ1n) is 9.67. The van der Waals surface area contributed by atoms with Gasteiger partial charge in [-0.1, -0.05) is 23.4 Å². The monoisotopic (exact) mass is 354 g/mol. The molecule has 1 aromatic carbocycles. The molecule has 1 amide bonds. The first-order valence-corrected chi connectivity index (χ1v) is 9.67. The van der Waals surface area contributed by atoms with E-state index < -0.39 is 0 Å². The number of para-hydroxylation sites is 1. The average Bonchev–Trinajstić information content (AvgIpc) is 3.44. The van der Waals surface area contributed by atoms with Crippen LogP contribution in [0.15, 0.2) is 36.5 Å². The molecule has 1 saturated carbocycles. The Morgan fingerprint density at radius 1 is 1.15 bits per heavy atom. The van der Waals surface area contributed by atoms with Gasteiger partial charge >= 0.3 is 0 Å². The van der Waals surface area contributed by atoms with E-state index in [9.17, 15) is 4.79 Å². The molecule has 2 aromatic rings. The number of carbonyl (C=O) groups excluding carboxylic acids is 1. The van der Waals surface area contributed by atoms with Crippen molar-refractivity contribution in [3.63, 3.8) is 0 Å². The predicted molar refractivity (Wildman–Crippen MR) is 97.5 cm³/mol. The van der Waals surface area contributed by atoms with Gasteiger partial charge in [-0.05, 0) is 50.7 Å². The largest absolute Gasteiger partial charge is 0.487 e. The van der Waals surface area contributed by atoms with Crippen molar-refractivity contribution in [2.45, 2.75) is 57.7 Å². The molecular weight excluding hydrogens is 328 g/mol. The van der Waals surface area contributed by atoms with Gasteiger partial charge in [0.15, 0.2) is 0 Å². The fraction of sp³-hybridized carbons (Fsp3) is 0.550. The van der Waals surface area contributed by atoms with Crippen LogP contribution < -0.4 is 4.74 Å². The molecule has 4 rings (SSSR count). The molecule has 2 aliphatic rings. The SMILES string of the molecule is O=C(C1CC1)N1CCCCC1CCn1cc(COc2ccccc2)nn1. The van der Waals surface area contributed by atoms with Gasteiger partial charge in [0, 0.05) is 25.0 Å². The van der Waals surface area contributed by atoms with Gasteiger partial charge < -0.3 is 9.64 Å². The van der Waals surface area contributed by atoms with Crippen LogP contribution in [0, 0.1) is 5.92 Å². The highest BCUT2D eigenvalue weighted by molar-refractivity contribution is 5.81. The molecule has 138 valence electrons. The van der Waals surface area contributed by atoms with Crippen molar-refractivity contribution in [2.24, 2.45) is 5.92 Å². The topological polar surface area (TPSA) is 60.2 Å². The summed E-state index contributed by atoms with van der Waals surface area (Å²) < 4.78 is 7.59. The summed E-state index contributed by atoms with van der Waals surface area (Å²) in [5.74, 6) is 1.52. The summed E-state index contributed by atoms with van der Waals surface area (Å²) in [7, 11) is 0.